The first-order chi connectivity index (χ1) is 8.31. The van der Waals surface area contributed by atoms with Crippen molar-refractivity contribution in [3.05, 3.63) is 71.5 Å². The highest BCUT2D eigenvalue weighted by molar-refractivity contribution is 6.17. The van der Waals surface area contributed by atoms with Crippen molar-refractivity contribution in [2.75, 3.05) is 5.88 Å². The molecule has 0 aliphatic rings. The van der Waals surface area contributed by atoms with E-state index < -0.39 is 0 Å². The van der Waals surface area contributed by atoms with Crippen LogP contribution < -0.4 is 0 Å². The van der Waals surface area contributed by atoms with E-state index in [0.717, 1.165) is 12.0 Å². The zero-order valence-electron chi connectivity index (χ0n) is 9.44. The second kappa shape index (κ2) is 5.83. The third kappa shape index (κ3) is 3.07. The predicted molar refractivity (Wildman–Crippen MR) is 70.0 cm³/mol. The van der Waals surface area contributed by atoms with Crippen LogP contribution in [0.3, 0.4) is 0 Å². The van der Waals surface area contributed by atoms with Gasteiger partial charge in [0.1, 0.15) is 5.82 Å². The zero-order valence-corrected chi connectivity index (χ0v) is 10.2. The molecule has 0 nitrogen and oxygen atoms in total. The summed E-state index contributed by atoms with van der Waals surface area (Å²) in [6, 6.07) is 16.8. The molecule has 1 atom stereocenters. The molecule has 0 aliphatic carbocycles. The standard InChI is InChI=1S/C15H14ClF/c16-10-9-15(12-5-2-1-3-6-12)13-7-4-8-14(17)11-13/h1-8,11,15H,9-10H2. The van der Waals surface area contributed by atoms with Crippen LogP contribution in [0.1, 0.15) is 23.5 Å². The molecule has 88 valence electrons. The van der Waals surface area contributed by atoms with Crippen LogP contribution in [0.15, 0.2) is 54.6 Å². The molecule has 0 radical (unpaired) electrons. The van der Waals surface area contributed by atoms with Gasteiger partial charge in [0.05, 0.1) is 0 Å². The normalized spacial score (nSPS) is 12.4. The second-order valence-corrected chi connectivity index (χ2v) is 4.37. The van der Waals surface area contributed by atoms with Crippen molar-refractivity contribution in [3.8, 4) is 0 Å². The van der Waals surface area contributed by atoms with Crippen molar-refractivity contribution >= 4 is 11.6 Å². The number of alkyl halides is 1. The lowest BCUT2D eigenvalue weighted by Crippen LogP contribution is -2.02. The molecule has 2 heteroatoms. The average Bonchev–Trinajstić information content (AvgIpc) is 2.37. The zero-order chi connectivity index (χ0) is 12.1. The Kier molecular flexibility index (Phi) is 4.16. The molecule has 0 aliphatic heterocycles. The summed E-state index contributed by atoms with van der Waals surface area (Å²) in [7, 11) is 0. The minimum atomic E-state index is -0.196. The first-order valence-electron chi connectivity index (χ1n) is 5.67. The van der Waals surface area contributed by atoms with Gasteiger partial charge < -0.3 is 0 Å². The van der Waals surface area contributed by atoms with Gasteiger partial charge >= 0.3 is 0 Å². The van der Waals surface area contributed by atoms with E-state index in [1.807, 2.05) is 24.3 Å². The van der Waals surface area contributed by atoms with Gasteiger partial charge in [-0.2, -0.15) is 0 Å². The van der Waals surface area contributed by atoms with Gasteiger partial charge in [0.2, 0.25) is 0 Å². The first kappa shape index (κ1) is 12.1. The van der Waals surface area contributed by atoms with Crippen LogP contribution in [0.4, 0.5) is 4.39 Å². The minimum absolute atomic E-state index is 0.171. The maximum atomic E-state index is 13.3. The van der Waals surface area contributed by atoms with E-state index >= 15 is 0 Å². The molecule has 1 unspecified atom stereocenters. The number of halogens is 2. The van der Waals surface area contributed by atoms with Gasteiger partial charge in [0.25, 0.3) is 0 Å². The molecule has 17 heavy (non-hydrogen) atoms. The van der Waals surface area contributed by atoms with Crippen molar-refractivity contribution in [1.82, 2.24) is 0 Å². The summed E-state index contributed by atoms with van der Waals surface area (Å²) in [4.78, 5) is 0. The maximum Gasteiger partial charge on any atom is 0.123 e. The summed E-state index contributed by atoms with van der Waals surface area (Å²) in [6.07, 6.45) is 0.815. The van der Waals surface area contributed by atoms with Crippen LogP contribution in [-0.2, 0) is 0 Å². The van der Waals surface area contributed by atoms with E-state index in [1.54, 1.807) is 12.1 Å². The van der Waals surface area contributed by atoms with Crippen LogP contribution in [0, 0.1) is 5.82 Å². The van der Waals surface area contributed by atoms with Gasteiger partial charge in [-0.3, -0.25) is 0 Å². The quantitative estimate of drug-likeness (QED) is 0.695. The molecule has 2 aromatic rings. The van der Waals surface area contributed by atoms with E-state index in [0.29, 0.717) is 5.88 Å². The van der Waals surface area contributed by atoms with Gasteiger partial charge in [-0.25, -0.2) is 4.39 Å². The van der Waals surface area contributed by atoms with Crippen LogP contribution in [-0.4, -0.2) is 5.88 Å². The number of hydrogen-bond acceptors (Lipinski definition) is 0. The van der Waals surface area contributed by atoms with Crippen molar-refractivity contribution in [3.63, 3.8) is 0 Å². The molecule has 0 fully saturated rings. The molecule has 0 heterocycles. The summed E-state index contributed by atoms with van der Waals surface area (Å²) in [5.74, 6) is 0.540. The topological polar surface area (TPSA) is 0 Å². The fourth-order valence-electron chi connectivity index (χ4n) is 2.04. The Labute approximate surface area is 106 Å². The molecule has 0 saturated carbocycles. The van der Waals surface area contributed by atoms with Gasteiger partial charge in [-0.1, -0.05) is 42.5 Å². The van der Waals surface area contributed by atoms with E-state index in [1.165, 1.54) is 11.6 Å². The largest absolute Gasteiger partial charge is 0.207 e. The molecule has 0 N–H and O–H groups in total. The van der Waals surface area contributed by atoms with Gasteiger partial charge in [-0.05, 0) is 29.7 Å². The smallest absolute Gasteiger partial charge is 0.123 e. The van der Waals surface area contributed by atoms with Crippen molar-refractivity contribution in [1.29, 1.82) is 0 Å². The lowest BCUT2D eigenvalue weighted by molar-refractivity contribution is 0.622. The minimum Gasteiger partial charge on any atom is -0.207 e. The SMILES string of the molecule is Fc1cccc(C(CCCl)c2ccccc2)c1. The highest BCUT2D eigenvalue weighted by atomic mass is 35.5. The molecule has 0 spiro atoms. The van der Waals surface area contributed by atoms with E-state index in [9.17, 15) is 4.39 Å². The molecule has 0 amide bonds. The summed E-state index contributed by atoms with van der Waals surface area (Å²) in [5.41, 5.74) is 2.16. The molecule has 2 aromatic carbocycles. The Morgan fingerprint density at radius 2 is 1.65 bits per heavy atom. The van der Waals surface area contributed by atoms with Crippen molar-refractivity contribution in [2.45, 2.75) is 12.3 Å². The highest BCUT2D eigenvalue weighted by Gasteiger charge is 2.13. The number of benzene rings is 2. The third-order valence-corrected chi connectivity index (χ3v) is 3.07. The summed E-state index contributed by atoms with van der Waals surface area (Å²) in [5, 5.41) is 0. The van der Waals surface area contributed by atoms with Gasteiger partial charge in [-0.15, -0.1) is 11.6 Å². The van der Waals surface area contributed by atoms with Crippen LogP contribution in [0.2, 0.25) is 0 Å². The van der Waals surface area contributed by atoms with E-state index in [4.69, 9.17) is 11.6 Å². The average molecular weight is 249 g/mol. The summed E-state index contributed by atoms with van der Waals surface area (Å²) in [6.45, 7) is 0. The molecular weight excluding hydrogens is 235 g/mol. The van der Waals surface area contributed by atoms with E-state index in [-0.39, 0.29) is 11.7 Å². The lowest BCUT2D eigenvalue weighted by Gasteiger charge is -2.16. The fourth-order valence-corrected chi connectivity index (χ4v) is 2.26. The van der Waals surface area contributed by atoms with E-state index in [2.05, 4.69) is 12.1 Å². The van der Waals surface area contributed by atoms with Crippen LogP contribution >= 0.6 is 11.6 Å². The Balaban J connectivity index is 2.35. The monoisotopic (exact) mass is 248 g/mol. The second-order valence-electron chi connectivity index (χ2n) is 4.00. The first-order valence-corrected chi connectivity index (χ1v) is 6.21. The number of hydrogen-bond donors (Lipinski definition) is 0. The fraction of sp³-hybridized carbons (Fsp3) is 0.200. The lowest BCUT2D eigenvalue weighted by atomic mass is 9.89. The Hall–Kier alpha value is -1.34. The Morgan fingerprint density at radius 3 is 2.29 bits per heavy atom. The number of rotatable bonds is 4. The van der Waals surface area contributed by atoms with Gasteiger partial charge in [0.15, 0.2) is 0 Å². The van der Waals surface area contributed by atoms with Crippen molar-refractivity contribution in [2.24, 2.45) is 0 Å². The third-order valence-electron chi connectivity index (χ3n) is 2.85. The van der Waals surface area contributed by atoms with Crippen LogP contribution in [0.25, 0.3) is 0 Å². The maximum absolute atomic E-state index is 13.3. The highest BCUT2D eigenvalue weighted by Crippen LogP contribution is 2.28. The Bertz CT molecular complexity index is 467. The van der Waals surface area contributed by atoms with Crippen molar-refractivity contribution < 1.29 is 4.39 Å². The molecular formula is C15H14ClF. The van der Waals surface area contributed by atoms with Crippen LogP contribution in [0.5, 0.6) is 0 Å². The van der Waals surface area contributed by atoms with Gasteiger partial charge in [0, 0.05) is 11.8 Å². The Morgan fingerprint density at radius 1 is 0.941 bits per heavy atom. The molecule has 0 aromatic heterocycles. The predicted octanol–water partition coefficient (Wildman–Crippen LogP) is 4.59. The summed E-state index contributed by atoms with van der Waals surface area (Å²) >= 11 is 5.84. The molecule has 0 saturated heterocycles. The molecule has 0 bridgehead atoms. The summed E-state index contributed by atoms with van der Waals surface area (Å²) < 4.78 is 13.3. The molecule has 2 rings (SSSR count).